The van der Waals surface area contributed by atoms with Crippen molar-refractivity contribution in [3.05, 3.63) is 0 Å². The molecule has 2 heterocycles. The number of urea groups is 1. The molecule has 2 aliphatic heterocycles. The number of amides is 2. The van der Waals surface area contributed by atoms with E-state index < -0.39 is 0 Å². The van der Waals surface area contributed by atoms with Crippen molar-refractivity contribution in [1.82, 2.24) is 15.5 Å². The quantitative estimate of drug-likeness (QED) is 0.765. The Morgan fingerprint density at radius 3 is 3.00 bits per heavy atom. The SMILES string of the molecule is CC1CCCN(C(=O)NCC2CCCNC2)C1. The molecule has 2 rings (SSSR count). The number of nitrogens with zero attached hydrogens (tertiary/aromatic N) is 1. The average Bonchev–Trinajstić information content (AvgIpc) is 2.37. The fourth-order valence-corrected chi connectivity index (χ4v) is 2.82. The molecule has 17 heavy (non-hydrogen) atoms. The molecule has 0 aromatic rings. The van der Waals surface area contributed by atoms with Crippen LogP contribution in [0.2, 0.25) is 0 Å². The molecule has 2 fully saturated rings. The van der Waals surface area contributed by atoms with Crippen LogP contribution in [0.3, 0.4) is 0 Å². The summed E-state index contributed by atoms with van der Waals surface area (Å²) < 4.78 is 0. The number of rotatable bonds is 2. The lowest BCUT2D eigenvalue weighted by molar-refractivity contribution is 0.167. The highest BCUT2D eigenvalue weighted by Crippen LogP contribution is 2.15. The van der Waals surface area contributed by atoms with Crippen molar-refractivity contribution in [3.8, 4) is 0 Å². The van der Waals surface area contributed by atoms with E-state index >= 15 is 0 Å². The van der Waals surface area contributed by atoms with E-state index in [2.05, 4.69) is 17.6 Å². The first kappa shape index (κ1) is 12.7. The van der Waals surface area contributed by atoms with Gasteiger partial charge in [0.15, 0.2) is 0 Å². The number of hydrogen-bond acceptors (Lipinski definition) is 2. The maximum absolute atomic E-state index is 12.0. The van der Waals surface area contributed by atoms with Crippen LogP contribution >= 0.6 is 0 Å². The lowest BCUT2D eigenvalue weighted by atomic mass is 9.99. The summed E-state index contributed by atoms with van der Waals surface area (Å²) in [4.78, 5) is 14.0. The van der Waals surface area contributed by atoms with Crippen LogP contribution in [0.4, 0.5) is 4.79 Å². The summed E-state index contributed by atoms with van der Waals surface area (Å²) in [6, 6.07) is 0.141. The molecule has 2 amide bonds. The highest BCUT2D eigenvalue weighted by atomic mass is 16.2. The van der Waals surface area contributed by atoms with Gasteiger partial charge in [-0.1, -0.05) is 6.92 Å². The second-order valence-electron chi connectivity index (χ2n) is 5.59. The molecule has 98 valence electrons. The van der Waals surface area contributed by atoms with Crippen molar-refractivity contribution in [1.29, 1.82) is 0 Å². The van der Waals surface area contributed by atoms with Crippen molar-refractivity contribution in [2.45, 2.75) is 32.6 Å². The van der Waals surface area contributed by atoms with Gasteiger partial charge in [0.2, 0.25) is 0 Å². The molecule has 2 aliphatic rings. The van der Waals surface area contributed by atoms with Crippen LogP contribution in [0.25, 0.3) is 0 Å². The van der Waals surface area contributed by atoms with Crippen LogP contribution in [-0.4, -0.2) is 43.7 Å². The summed E-state index contributed by atoms with van der Waals surface area (Å²) in [6.07, 6.45) is 4.89. The molecule has 4 heteroatoms. The summed E-state index contributed by atoms with van der Waals surface area (Å²) in [5.74, 6) is 1.28. The van der Waals surface area contributed by atoms with E-state index in [4.69, 9.17) is 0 Å². The van der Waals surface area contributed by atoms with Crippen molar-refractivity contribution < 1.29 is 4.79 Å². The van der Waals surface area contributed by atoms with Crippen LogP contribution in [0, 0.1) is 11.8 Å². The third-order valence-corrected chi connectivity index (χ3v) is 3.89. The number of nitrogens with one attached hydrogen (secondary N) is 2. The molecule has 0 saturated carbocycles. The van der Waals surface area contributed by atoms with Crippen molar-refractivity contribution in [2.24, 2.45) is 11.8 Å². The molecule has 0 aromatic carbocycles. The molecule has 2 atom stereocenters. The molecule has 2 unspecified atom stereocenters. The zero-order valence-corrected chi connectivity index (χ0v) is 10.9. The first-order valence-corrected chi connectivity index (χ1v) is 6.99. The number of carbonyl (C=O) groups is 1. The van der Waals surface area contributed by atoms with E-state index in [1.54, 1.807) is 0 Å². The molecular weight excluding hydrogens is 214 g/mol. The van der Waals surface area contributed by atoms with Gasteiger partial charge in [0.25, 0.3) is 0 Å². The minimum atomic E-state index is 0.141. The Bertz CT molecular complexity index is 251. The summed E-state index contributed by atoms with van der Waals surface area (Å²) in [5.41, 5.74) is 0. The van der Waals surface area contributed by atoms with Crippen LogP contribution in [0.1, 0.15) is 32.6 Å². The van der Waals surface area contributed by atoms with Gasteiger partial charge in [-0.15, -0.1) is 0 Å². The average molecular weight is 239 g/mol. The van der Waals surface area contributed by atoms with Gasteiger partial charge in [-0.3, -0.25) is 0 Å². The standard InChI is InChI=1S/C13H25N3O/c1-11-4-3-7-16(10-11)13(17)15-9-12-5-2-6-14-8-12/h11-12,14H,2-10H2,1H3,(H,15,17). The lowest BCUT2D eigenvalue weighted by Crippen LogP contribution is -2.47. The molecule has 2 N–H and O–H groups in total. The number of piperidine rings is 2. The fraction of sp³-hybridized carbons (Fsp3) is 0.923. The summed E-state index contributed by atoms with van der Waals surface area (Å²) >= 11 is 0. The van der Waals surface area contributed by atoms with E-state index in [-0.39, 0.29) is 6.03 Å². The molecule has 2 saturated heterocycles. The van der Waals surface area contributed by atoms with Gasteiger partial charge in [0.1, 0.15) is 0 Å². The Balaban J connectivity index is 1.69. The zero-order chi connectivity index (χ0) is 12.1. The fourth-order valence-electron chi connectivity index (χ4n) is 2.82. The minimum Gasteiger partial charge on any atom is -0.338 e. The summed E-state index contributed by atoms with van der Waals surface area (Å²) in [5, 5.41) is 6.47. The van der Waals surface area contributed by atoms with Gasteiger partial charge in [-0.05, 0) is 50.6 Å². The highest BCUT2D eigenvalue weighted by molar-refractivity contribution is 5.74. The van der Waals surface area contributed by atoms with Gasteiger partial charge in [0, 0.05) is 19.6 Å². The minimum absolute atomic E-state index is 0.141. The van der Waals surface area contributed by atoms with Crippen LogP contribution in [0.15, 0.2) is 0 Å². The van der Waals surface area contributed by atoms with Gasteiger partial charge in [0.05, 0.1) is 0 Å². The highest BCUT2D eigenvalue weighted by Gasteiger charge is 2.21. The van der Waals surface area contributed by atoms with Gasteiger partial charge >= 0.3 is 6.03 Å². The van der Waals surface area contributed by atoms with Gasteiger partial charge in [-0.25, -0.2) is 4.79 Å². The topological polar surface area (TPSA) is 44.4 Å². The molecule has 0 radical (unpaired) electrons. The molecular formula is C13H25N3O. The molecule has 4 nitrogen and oxygen atoms in total. The van der Waals surface area contributed by atoms with Crippen LogP contribution < -0.4 is 10.6 Å². The molecule has 0 aliphatic carbocycles. The van der Waals surface area contributed by atoms with Crippen molar-refractivity contribution >= 4 is 6.03 Å². The first-order chi connectivity index (χ1) is 8.25. The lowest BCUT2D eigenvalue weighted by Gasteiger charge is -2.32. The van der Waals surface area contributed by atoms with E-state index in [1.165, 1.54) is 19.3 Å². The van der Waals surface area contributed by atoms with E-state index in [9.17, 15) is 4.79 Å². The predicted octanol–water partition coefficient (Wildman–Crippen LogP) is 1.43. The number of hydrogen-bond donors (Lipinski definition) is 2. The smallest absolute Gasteiger partial charge is 0.317 e. The Morgan fingerprint density at radius 2 is 2.29 bits per heavy atom. The van der Waals surface area contributed by atoms with Crippen LogP contribution in [0.5, 0.6) is 0 Å². The maximum Gasteiger partial charge on any atom is 0.317 e. The Morgan fingerprint density at radius 1 is 1.41 bits per heavy atom. The number of likely N-dealkylation sites (tertiary alicyclic amines) is 1. The molecule has 0 spiro atoms. The Kier molecular flexibility index (Phi) is 4.66. The van der Waals surface area contributed by atoms with Crippen molar-refractivity contribution in [2.75, 3.05) is 32.7 Å². The number of carbonyl (C=O) groups excluding carboxylic acids is 1. The normalized spacial score (nSPS) is 30.1. The second-order valence-corrected chi connectivity index (χ2v) is 5.59. The molecule has 0 aromatic heterocycles. The van der Waals surface area contributed by atoms with E-state index in [0.29, 0.717) is 11.8 Å². The van der Waals surface area contributed by atoms with Gasteiger partial charge in [-0.2, -0.15) is 0 Å². The van der Waals surface area contributed by atoms with E-state index in [1.807, 2.05) is 4.90 Å². The summed E-state index contributed by atoms with van der Waals surface area (Å²) in [6.45, 7) is 7.10. The van der Waals surface area contributed by atoms with Crippen molar-refractivity contribution in [3.63, 3.8) is 0 Å². The Labute approximate surface area is 104 Å². The van der Waals surface area contributed by atoms with Crippen LogP contribution in [-0.2, 0) is 0 Å². The second kappa shape index (κ2) is 6.24. The van der Waals surface area contributed by atoms with Gasteiger partial charge < -0.3 is 15.5 Å². The summed E-state index contributed by atoms with van der Waals surface area (Å²) in [7, 11) is 0. The zero-order valence-electron chi connectivity index (χ0n) is 10.9. The first-order valence-electron chi connectivity index (χ1n) is 6.99. The third-order valence-electron chi connectivity index (χ3n) is 3.89. The predicted molar refractivity (Wildman–Crippen MR) is 69.0 cm³/mol. The molecule has 0 bridgehead atoms. The third kappa shape index (κ3) is 3.87. The maximum atomic E-state index is 12.0. The largest absolute Gasteiger partial charge is 0.338 e. The monoisotopic (exact) mass is 239 g/mol. The van der Waals surface area contributed by atoms with E-state index in [0.717, 1.165) is 39.1 Å². The Hall–Kier alpha value is -0.770.